The van der Waals surface area contributed by atoms with Gasteiger partial charge in [0.05, 0.1) is 6.04 Å². The maximum Gasteiger partial charge on any atom is 0.435 e. The average molecular weight is 454 g/mol. The summed E-state index contributed by atoms with van der Waals surface area (Å²) in [5.74, 6) is -0.263. The van der Waals surface area contributed by atoms with E-state index in [9.17, 15) is 14.8 Å². The minimum Gasteiger partial charge on any atom is -0.442 e. The predicted molar refractivity (Wildman–Crippen MR) is 127 cm³/mol. The van der Waals surface area contributed by atoms with Gasteiger partial charge in [-0.25, -0.2) is 4.79 Å². The Morgan fingerprint density at radius 3 is 1.85 bits per heavy atom. The fraction of sp³-hybridized carbons (Fsp3) is 0.462. The summed E-state index contributed by atoms with van der Waals surface area (Å²) in [6.45, 7) is 9.35. The van der Waals surface area contributed by atoms with Gasteiger partial charge in [-0.3, -0.25) is 14.9 Å². The van der Waals surface area contributed by atoms with Crippen molar-refractivity contribution >= 4 is 12.0 Å². The van der Waals surface area contributed by atoms with Gasteiger partial charge in [0, 0.05) is 26.2 Å². The number of piperazine rings is 1. The van der Waals surface area contributed by atoms with Gasteiger partial charge in [0.15, 0.2) is 0 Å². The molecular formula is C26H35N3O4. The van der Waals surface area contributed by atoms with Crippen LogP contribution in [-0.2, 0) is 9.53 Å². The van der Waals surface area contributed by atoms with Gasteiger partial charge in [0.2, 0.25) is 5.91 Å². The molecule has 1 fully saturated rings. The molecular weight excluding hydrogens is 418 g/mol. The summed E-state index contributed by atoms with van der Waals surface area (Å²) in [7, 11) is 0. The zero-order valence-corrected chi connectivity index (χ0v) is 20.0. The van der Waals surface area contributed by atoms with Gasteiger partial charge in [-0.2, -0.15) is 5.06 Å². The molecule has 0 spiro atoms. The maximum atomic E-state index is 13.2. The summed E-state index contributed by atoms with van der Waals surface area (Å²) in [6.07, 6.45) is -0.611. The monoisotopic (exact) mass is 453 g/mol. The molecule has 2 aromatic rings. The molecule has 0 saturated carbocycles. The Bertz CT molecular complexity index is 867. The molecule has 0 unspecified atom stereocenters. The number of hydroxylamine groups is 2. The Morgan fingerprint density at radius 1 is 0.939 bits per heavy atom. The number of benzene rings is 2. The van der Waals surface area contributed by atoms with Crippen molar-refractivity contribution in [3.8, 4) is 0 Å². The number of rotatable bonds is 6. The normalized spacial score (nSPS) is 15.9. The molecule has 33 heavy (non-hydrogen) atoms. The smallest absolute Gasteiger partial charge is 0.435 e. The molecule has 2 amide bonds. The third kappa shape index (κ3) is 6.33. The van der Waals surface area contributed by atoms with Crippen LogP contribution in [-0.4, -0.2) is 69.9 Å². The lowest BCUT2D eigenvalue weighted by Crippen LogP contribution is -2.56. The fourth-order valence-corrected chi connectivity index (χ4v) is 4.18. The second-order valence-electron chi connectivity index (χ2n) is 9.33. The van der Waals surface area contributed by atoms with Crippen LogP contribution in [0.25, 0.3) is 0 Å². The number of amides is 2. The van der Waals surface area contributed by atoms with Crippen molar-refractivity contribution in [1.29, 1.82) is 0 Å². The highest BCUT2D eigenvalue weighted by Gasteiger charge is 2.36. The summed E-state index contributed by atoms with van der Waals surface area (Å²) in [5.41, 5.74) is 1.66. The third-order valence-electron chi connectivity index (χ3n) is 5.77. The molecule has 0 bridgehead atoms. The summed E-state index contributed by atoms with van der Waals surface area (Å²) in [4.78, 5) is 29.5. The lowest BCUT2D eigenvalue weighted by atomic mass is 9.96. The van der Waals surface area contributed by atoms with Crippen molar-refractivity contribution in [3.05, 3.63) is 71.8 Å². The van der Waals surface area contributed by atoms with Crippen LogP contribution < -0.4 is 0 Å². The van der Waals surface area contributed by atoms with E-state index in [-0.39, 0.29) is 11.9 Å². The van der Waals surface area contributed by atoms with Crippen molar-refractivity contribution in [1.82, 2.24) is 14.9 Å². The van der Waals surface area contributed by atoms with E-state index in [1.165, 1.54) is 11.1 Å². The van der Waals surface area contributed by atoms with E-state index < -0.39 is 17.7 Å². The van der Waals surface area contributed by atoms with Crippen LogP contribution in [0.15, 0.2) is 60.7 Å². The minimum absolute atomic E-state index is 0.0997. The van der Waals surface area contributed by atoms with Crippen LogP contribution in [0.4, 0.5) is 4.79 Å². The molecule has 1 saturated heterocycles. The molecule has 7 nitrogen and oxygen atoms in total. The van der Waals surface area contributed by atoms with Crippen LogP contribution >= 0.6 is 0 Å². The van der Waals surface area contributed by atoms with E-state index in [2.05, 4.69) is 29.2 Å². The highest BCUT2D eigenvalue weighted by molar-refractivity contribution is 5.85. The van der Waals surface area contributed by atoms with Crippen LogP contribution in [0.2, 0.25) is 0 Å². The number of carbonyl (C=O) groups excluding carboxylic acids is 2. The molecule has 1 aliphatic rings. The molecule has 0 radical (unpaired) electrons. The summed E-state index contributed by atoms with van der Waals surface area (Å²) in [6, 6.07) is 19.9. The standard InChI is InChI=1S/C26H35N3O4/c1-5-22(29(32)25(31)33-26(2,3)4)24(30)28-18-16-27(17-19-28)23(20-12-8-6-9-13-20)21-14-10-7-11-15-21/h6-15,22-23,32H,5,16-19H2,1-4H3/t22-/m0/s1. The third-order valence-corrected chi connectivity index (χ3v) is 5.77. The molecule has 1 heterocycles. The van der Waals surface area contributed by atoms with E-state index in [0.717, 1.165) is 0 Å². The number of nitrogens with zero attached hydrogens (tertiary/aromatic N) is 3. The highest BCUT2D eigenvalue weighted by atomic mass is 16.6. The number of hydrogen-bond donors (Lipinski definition) is 1. The van der Waals surface area contributed by atoms with Gasteiger partial charge >= 0.3 is 6.09 Å². The number of carbonyl (C=O) groups is 2. The zero-order chi connectivity index (χ0) is 24.0. The maximum absolute atomic E-state index is 13.2. The lowest BCUT2D eigenvalue weighted by molar-refractivity contribution is -0.160. The Morgan fingerprint density at radius 2 is 1.42 bits per heavy atom. The quantitative estimate of drug-likeness (QED) is 0.521. The van der Waals surface area contributed by atoms with Gasteiger partial charge in [-0.1, -0.05) is 67.6 Å². The topological polar surface area (TPSA) is 73.3 Å². The first kappa shape index (κ1) is 24.7. The number of hydrogen-bond acceptors (Lipinski definition) is 5. The molecule has 0 aromatic heterocycles. The van der Waals surface area contributed by atoms with Gasteiger partial charge in [-0.05, 0) is 38.3 Å². The molecule has 1 N–H and O–H groups in total. The molecule has 1 aliphatic heterocycles. The summed E-state index contributed by atoms with van der Waals surface area (Å²) < 4.78 is 5.22. The Hall–Kier alpha value is -2.90. The van der Waals surface area contributed by atoms with Crippen LogP contribution in [0.3, 0.4) is 0 Å². The molecule has 3 rings (SSSR count). The number of ether oxygens (including phenoxy) is 1. The van der Waals surface area contributed by atoms with Gasteiger partial charge < -0.3 is 9.64 Å². The molecule has 7 heteroatoms. The van der Waals surface area contributed by atoms with E-state index >= 15 is 0 Å². The molecule has 178 valence electrons. The van der Waals surface area contributed by atoms with Crippen molar-refractivity contribution in [2.24, 2.45) is 0 Å². The Balaban J connectivity index is 1.69. The van der Waals surface area contributed by atoms with E-state index in [0.29, 0.717) is 37.7 Å². The second-order valence-corrected chi connectivity index (χ2v) is 9.33. The SMILES string of the molecule is CC[C@@H](C(=O)N1CCN(C(c2ccccc2)c2ccccc2)CC1)N(O)C(=O)OC(C)(C)C. The first-order valence-corrected chi connectivity index (χ1v) is 11.5. The minimum atomic E-state index is -0.967. The Labute approximate surface area is 196 Å². The first-order valence-electron chi connectivity index (χ1n) is 11.5. The highest BCUT2D eigenvalue weighted by Crippen LogP contribution is 2.29. The van der Waals surface area contributed by atoms with E-state index in [4.69, 9.17) is 4.74 Å². The van der Waals surface area contributed by atoms with E-state index in [1.54, 1.807) is 32.6 Å². The van der Waals surface area contributed by atoms with Crippen LogP contribution in [0, 0.1) is 0 Å². The predicted octanol–water partition coefficient (Wildman–Crippen LogP) is 4.33. The molecule has 0 aliphatic carbocycles. The van der Waals surface area contributed by atoms with Crippen LogP contribution in [0.1, 0.15) is 51.3 Å². The molecule has 2 aromatic carbocycles. The van der Waals surface area contributed by atoms with Crippen molar-refractivity contribution in [3.63, 3.8) is 0 Å². The molecule has 1 atom stereocenters. The van der Waals surface area contributed by atoms with Crippen LogP contribution in [0.5, 0.6) is 0 Å². The zero-order valence-electron chi connectivity index (χ0n) is 20.0. The largest absolute Gasteiger partial charge is 0.442 e. The van der Waals surface area contributed by atoms with Gasteiger partial charge in [-0.15, -0.1) is 0 Å². The second kappa shape index (κ2) is 10.8. The summed E-state index contributed by atoms with van der Waals surface area (Å²) >= 11 is 0. The lowest BCUT2D eigenvalue weighted by Gasteiger charge is -2.41. The fourth-order valence-electron chi connectivity index (χ4n) is 4.18. The van der Waals surface area contributed by atoms with Crippen molar-refractivity contribution < 1.29 is 19.5 Å². The van der Waals surface area contributed by atoms with E-state index in [1.807, 2.05) is 36.4 Å². The van der Waals surface area contributed by atoms with Crippen molar-refractivity contribution in [2.45, 2.75) is 51.8 Å². The van der Waals surface area contributed by atoms with Gasteiger partial charge in [0.25, 0.3) is 0 Å². The van der Waals surface area contributed by atoms with Gasteiger partial charge in [0.1, 0.15) is 11.6 Å². The average Bonchev–Trinajstić information content (AvgIpc) is 2.80. The summed E-state index contributed by atoms with van der Waals surface area (Å²) in [5, 5.41) is 10.8. The Kier molecular flexibility index (Phi) is 8.10. The first-order chi connectivity index (χ1) is 15.7. The van der Waals surface area contributed by atoms with Crippen molar-refractivity contribution in [2.75, 3.05) is 26.2 Å².